The number of nitrogens with one attached hydrogen (secondary N) is 2. The van der Waals surface area contributed by atoms with E-state index in [1.54, 1.807) is 14.0 Å². The standard InChI is InChI=1S/C15H19FN2O2/c1-5-8-18-15(19)11(3)20-14-7-6-12(16)9-13(14)10(2)17-4/h1,6-7,9-11,17H,8H2,2-4H3,(H,18,19). The highest BCUT2D eigenvalue weighted by atomic mass is 19.1. The summed E-state index contributed by atoms with van der Waals surface area (Å²) < 4.78 is 18.9. The van der Waals surface area contributed by atoms with Crippen molar-refractivity contribution in [2.75, 3.05) is 13.6 Å². The van der Waals surface area contributed by atoms with E-state index in [1.165, 1.54) is 18.2 Å². The second kappa shape index (κ2) is 7.51. The van der Waals surface area contributed by atoms with Gasteiger partial charge in [-0.3, -0.25) is 4.79 Å². The Bertz CT molecular complexity index is 511. The van der Waals surface area contributed by atoms with E-state index in [0.29, 0.717) is 11.3 Å². The average molecular weight is 278 g/mol. The largest absolute Gasteiger partial charge is 0.481 e. The molecule has 1 amide bonds. The minimum absolute atomic E-state index is 0.0957. The topological polar surface area (TPSA) is 50.4 Å². The molecule has 0 radical (unpaired) electrons. The predicted octanol–water partition coefficient (Wildman–Crippen LogP) is 1.62. The van der Waals surface area contributed by atoms with Gasteiger partial charge in [0.2, 0.25) is 0 Å². The van der Waals surface area contributed by atoms with Gasteiger partial charge in [-0.15, -0.1) is 6.42 Å². The SMILES string of the molecule is C#CCNC(=O)C(C)Oc1ccc(F)cc1C(C)NC. The number of ether oxygens (including phenoxy) is 1. The summed E-state index contributed by atoms with van der Waals surface area (Å²) >= 11 is 0. The Morgan fingerprint density at radius 1 is 1.50 bits per heavy atom. The van der Waals surface area contributed by atoms with Crippen molar-refractivity contribution in [3.8, 4) is 18.1 Å². The van der Waals surface area contributed by atoms with Crippen LogP contribution in [0.1, 0.15) is 25.5 Å². The minimum atomic E-state index is -0.711. The average Bonchev–Trinajstić information content (AvgIpc) is 2.45. The van der Waals surface area contributed by atoms with Crippen LogP contribution >= 0.6 is 0 Å². The van der Waals surface area contributed by atoms with Gasteiger partial charge in [0.1, 0.15) is 11.6 Å². The molecule has 0 aliphatic rings. The molecule has 0 saturated carbocycles. The van der Waals surface area contributed by atoms with Gasteiger partial charge in [0, 0.05) is 11.6 Å². The zero-order valence-corrected chi connectivity index (χ0v) is 11.9. The first-order chi connectivity index (χ1) is 9.49. The maximum absolute atomic E-state index is 13.3. The maximum atomic E-state index is 13.3. The van der Waals surface area contributed by atoms with Crippen LogP contribution in [0.3, 0.4) is 0 Å². The third-order valence-corrected chi connectivity index (χ3v) is 2.91. The maximum Gasteiger partial charge on any atom is 0.261 e. The van der Waals surface area contributed by atoms with E-state index in [-0.39, 0.29) is 24.3 Å². The molecule has 0 bridgehead atoms. The van der Waals surface area contributed by atoms with Crippen LogP contribution in [0, 0.1) is 18.2 Å². The molecule has 0 aromatic heterocycles. The first kappa shape index (κ1) is 16.0. The zero-order valence-electron chi connectivity index (χ0n) is 11.9. The Kier molecular flexibility index (Phi) is 6.01. The molecule has 0 aliphatic heterocycles. The van der Waals surface area contributed by atoms with Gasteiger partial charge in [0.05, 0.1) is 6.54 Å². The van der Waals surface area contributed by atoms with Gasteiger partial charge in [0.15, 0.2) is 6.10 Å². The summed E-state index contributed by atoms with van der Waals surface area (Å²) in [4.78, 5) is 11.7. The first-order valence-corrected chi connectivity index (χ1v) is 6.34. The fourth-order valence-corrected chi connectivity index (χ4v) is 1.65. The van der Waals surface area contributed by atoms with Crippen LogP contribution in [0.4, 0.5) is 4.39 Å². The van der Waals surface area contributed by atoms with Crippen molar-refractivity contribution in [3.63, 3.8) is 0 Å². The summed E-state index contributed by atoms with van der Waals surface area (Å²) in [7, 11) is 1.77. The number of amides is 1. The summed E-state index contributed by atoms with van der Waals surface area (Å²) in [6.07, 6.45) is 4.36. The Morgan fingerprint density at radius 2 is 2.20 bits per heavy atom. The quantitative estimate of drug-likeness (QED) is 0.778. The van der Waals surface area contributed by atoms with Crippen LogP contribution in [0.5, 0.6) is 5.75 Å². The molecule has 0 heterocycles. The molecule has 4 nitrogen and oxygen atoms in total. The number of benzene rings is 1. The third-order valence-electron chi connectivity index (χ3n) is 2.91. The normalized spacial score (nSPS) is 13.2. The van der Waals surface area contributed by atoms with Crippen LogP contribution in [0.15, 0.2) is 18.2 Å². The van der Waals surface area contributed by atoms with Gasteiger partial charge in [0.25, 0.3) is 5.91 Å². The zero-order chi connectivity index (χ0) is 15.1. The summed E-state index contributed by atoms with van der Waals surface area (Å²) in [6, 6.07) is 4.11. The van der Waals surface area contributed by atoms with Gasteiger partial charge in [-0.1, -0.05) is 5.92 Å². The smallest absolute Gasteiger partial charge is 0.261 e. The Balaban J connectivity index is 2.86. The van der Waals surface area contributed by atoms with Crippen LogP contribution < -0.4 is 15.4 Å². The van der Waals surface area contributed by atoms with Gasteiger partial charge in [-0.25, -0.2) is 4.39 Å². The molecule has 1 aromatic rings. The molecule has 0 spiro atoms. The third kappa shape index (κ3) is 4.25. The van der Waals surface area contributed by atoms with Crippen LogP contribution in [0.2, 0.25) is 0 Å². The number of carbonyl (C=O) groups is 1. The monoisotopic (exact) mass is 278 g/mol. The van der Waals surface area contributed by atoms with Crippen molar-refractivity contribution in [2.24, 2.45) is 0 Å². The second-order valence-electron chi connectivity index (χ2n) is 4.37. The van der Waals surface area contributed by atoms with Crippen LogP contribution in [-0.2, 0) is 4.79 Å². The van der Waals surface area contributed by atoms with Gasteiger partial charge in [-0.2, -0.15) is 0 Å². The molecule has 5 heteroatoms. The second-order valence-corrected chi connectivity index (χ2v) is 4.37. The Hall–Kier alpha value is -2.06. The van der Waals surface area contributed by atoms with Crippen LogP contribution in [0.25, 0.3) is 0 Å². The number of halogens is 1. The first-order valence-electron chi connectivity index (χ1n) is 6.34. The molecule has 108 valence electrons. The van der Waals surface area contributed by atoms with Crippen molar-refractivity contribution in [2.45, 2.75) is 26.0 Å². The van der Waals surface area contributed by atoms with E-state index >= 15 is 0 Å². The lowest BCUT2D eigenvalue weighted by molar-refractivity contribution is -0.127. The lowest BCUT2D eigenvalue weighted by atomic mass is 10.1. The Morgan fingerprint density at radius 3 is 2.80 bits per heavy atom. The number of rotatable bonds is 6. The molecule has 2 unspecified atom stereocenters. The van der Waals surface area contributed by atoms with Crippen molar-refractivity contribution in [3.05, 3.63) is 29.6 Å². The lowest BCUT2D eigenvalue weighted by Crippen LogP contribution is -2.36. The van der Waals surface area contributed by atoms with E-state index in [9.17, 15) is 9.18 Å². The van der Waals surface area contributed by atoms with E-state index in [1.807, 2.05) is 6.92 Å². The highest BCUT2D eigenvalue weighted by Crippen LogP contribution is 2.26. The fourth-order valence-electron chi connectivity index (χ4n) is 1.65. The van der Waals surface area contributed by atoms with Crippen LogP contribution in [-0.4, -0.2) is 25.6 Å². The molecular formula is C15H19FN2O2. The summed E-state index contributed by atoms with van der Waals surface area (Å²) in [6.45, 7) is 3.64. The van der Waals surface area contributed by atoms with Crippen molar-refractivity contribution in [1.82, 2.24) is 10.6 Å². The summed E-state index contributed by atoms with van der Waals surface area (Å²) in [5, 5.41) is 5.55. The number of carbonyl (C=O) groups excluding carboxylic acids is 1. The molecule has 2 N–H and O–H groups in total. The van der Waals surface area contributed by atoms with Crippen molar-refractivity contribution in [1.29, 1.82) is 0 Å². The minimum Gasteiger partial charge on any atom is -0.481 e. The molecule has 1 rings (SSSR count). The molecular weight excluding hydrogens is 259 g/mol. The number of terminal acetylenes is 1. The highest BCUT2D eigenvalue weighted by molar-refractivity contribution is 5.80. The number of hydrogen-bond donors (Lipinski definition) is 2. The molecule has 1 aromatic carbocycles. The molecule has 0 aliphatic carbocycles. The molecule has 2 atom stereocenters. The molecule has 20 heavy (non-hydrogen) atoms. The van der Waals surface area contributed by atoms with E-state index in [0.717, 1.165) is 0 Å². The van der Waals surface area contributed by atoms with Gasteiger partial charge < -0.3 is 15.4 Å². The Labute approximate surface area is 118 Å². The van der Waals surface area contributed by atoms with Crippen molar-refractivity contribution >= 4 is 5.91 Å². The summed E-state index contributed by atoms with van der Waals surface area (Å²) in [5.74, 6) is 2.13. The molecule has 0 fully saturated rings. The van der Waals surface area contributed by atoms with Crippen molar-refractivity contribution < 1.29 is 13.9 Å². The van der Waals surface area contributed by atoms with E-state index in [4.69, 9.17) is 11.2 Å². The number of hydrogen-bond acceptors (Lipinski definition) is 3. The lowest BCUT2D eigenvalue weighted by Gasteiger charge is -2.20. The molecule has 0 saturated heterocycles. The van der Waals surface area contributed by atoms with Gasteiger partial charge in [-0.05, 0) is 39.1 Å². The highest BCUT2D eigenvalue weighted by Gasteiger charge is 2.18. The van der Waals surface area contributed by atoms with E-state index < -0.39 is 6.10 Å². The summed E-state index contributed by atoms with van der Waals surface area (Å²) in [5.41, 5.74) is 0.657. The predicted molar refractivity (Wildman–Crippen MR) is 75.8 cm³/mol. The van der Waals surface area contributed by atoms with E-state index in [2.05, 4.69) is 16.6 Å². The fraction of sp³-hybridized carbons (Fsp3) is 0.400. The van der Waals surface area contributed by atoms with Gasteiger partial charge >= 0.3 is 0 Å².